The number of quaternary nitrogens is 1. The number of carboxylic acids is 1. The molecule has 1 aromatic carbocycles. The number of benzene rings is 1. The molecule has 0 aliphatic rings. The smallest absolute Gasteiger partial charge is 0.330 e. The third-order valence-electron chi connectivity index (χ3n) is 3.44. The number of aliphatic carboxylic acids is 1. The average molecular weight is 379 g/mol. The van der Waals surface area contributed by atoms with E-state index in [2.05, 4.69) is 21.1 Å². The standard InChI is InChI=1S/C17H21N3O7/c1-27-15(23)7-6-14(22)19-9-13(17(25)26)20-16(24)12(18)8-10-2-4-11(21)5-3-10/h2-7,12-13,21H,8-9,18H2,1H3,(H,19,22)(H,20,24)(H,25,26)/b7-6+/t12-,13-/m0/s1. The highest BCUT2D eigenvalue weighted by Crippen LogP contribution is 2.10. The van der Waals surface area contributed by atoms with E-state index in [1.807, 2.05) is 0 Å². The number of amides is 2. The molecule has 0 aliphatic carbocycles. The van der Waals surface area contributed by atoms with E-state index in [4.69, 9.17) is 0 Å². The van der Waals surface area contributed by atoms with E-state index in [0.29, 0.717) is 0 Å². The number of aromatic hydroxyl groups is 1. The lowest BCUT2D eigenvalue weighted by molar-refractivity contribution is -0.403. The molecule has 0 saturated heterocycles. The number of phenolic OH excluding ortho intramolecular Hbond substituents is 1. The van der Waals surface area contributed by atoms with Crippen molar-refractivity contribution < 1.29 is 39.9 Å². The van der Waals surface area contributed by atoms with Gasteiger partial charge in [0.1, 0.15) is 5.75 Å². The van der Waals surface area contributed by atoms with Gasteiger partial charge < -0.3 is 36.1 Å². The van der Waals surface area contributed by atoms with Gasteiger partial charge in [-0.25, -0.2) is 4.79 Å². The number of methoxy groups -OCH3 is 1. The minimum absolute atomic E-state index is 0.0813. The van der Waals surface area contributed by atoms with Crippen LogP contribution in [0.15, 0.2) is 36.4 Å². The van der Waals surface area contributed by atoms with Gasteiger partial charge >= 0.3 is 5.97 Å². The molecule has 0 fully saturated rings. The maximum Gasteiger partial charge on any atom is 0.330 e. The molecule has 146 valence electrons. The third kappa shape index (κ3) is 8.01. The first-order chi connectivity index (χ1) is 12.7. The average Bonchev–Trinajstić information content (AvgIpc) is 2.64. The van der Waals surface area contributed by atoms with Crippen LogP contribution in [-0.2, 0) is 30.3 Å². The van der Waals surface area contributed by atoms with Gasteiger partial charge in [0.15, 0.2) is 6.04 Å². The molecular formula is C17H21N3O7. The van der Waals surface area contributed by atoms with Gasteiger partial charge in [-0.05, 0) is 17.7 Å². The predicted molar refractivity (Wildman–Crippen MR) is 89.6 cm³/mol. The van der Waals surface area contributed by atoms with Crippen LogP contribution in [0.5, 0.6) is 5.75 Å². The molecule has 0 unspecified atom stereocenters. The van der Waals surface area contributed by atoms with Gasteiger partial charge in [0, 0.05) is 25.1 Å². The summed E-state index contributed by atoms with van der Waals surface area (Å²) >= 11 is 0. The predicted octanol–water partition coefficient (Wildman–Crippen LogP) is -3.37. The molecule has 2 atom stereocenters. The molecule has 0 aliphatic heterocycles. The van der Waals surface area contributed by atoms with Gasteiger partial charge in [-0.15, -0.1) is 0 Å². The summed E-state index contributed by atoms with van der Waals surface area (Å²) in [5.41, 5.74) is 4.41. The first-order valence-corrected chi connectivity index (χ1v) is 7.89. The number of ether oxygens (including phenoxy) is 1. The SMILES string of the molecule is COC(=O)/C=C/C(=O)NC[C@H](NC(=O)[C@@H]([NH3+])Cc1ccc(O)cc1)C(=O)[O-]. The lowest BCUT2D eigenvalue weighted by atomic mass is 10.1. The minimum atomic E-state index is -1.59. The zero-order valence-corrected chi connectivity index (χ0v) is 14.6. The summed E-state index contributed by atoms with van der Waals surface area (Å²) in [5, 5.41) is 24.9. The van der Waals surface area contributed by atoms with E-state index in [-0.39, 0.29) is 12.2 Å². The Morgan fingerprint density at radius 1 is 1.22 bits per heavy atom. The molecule has 27 heavy (non-hydrogen) atoms. The summed E-state index contributed by atoms with van der Waals surface area (Å²) in [6.45, 7) is -0.440. The maximum absolute atomic E-state index is 12.1. The van der Waals surface area contributed by atoms with Crippen LogP contribution in [0.4, 0.5) is 0 Å². The summed E-state index contributed by atoms with van der Waals surface area (Å²) in [4.78, 5) is 45.7. The quantitative estimate of drug-likeness (QED) is 0.256. The number of esters is 1. The fourth-order valence-electron chi connectivity index (χ4n) is 1.97. The summed E-state index contributed by atoms with van der Waals surface area (Å²) in [6, 6.07) is 3.88. The Hall–Kier alpha value is -3.40. The van der Waals surface area contributed by atoms with Crippen LogP contribution >= 0.6 is 0 Å². The molecule has 0 heterocycles. The minimum Gasteiger partial charge on any atom is -0.548 e. The maximum atomic E-state index is 12.1. The van der Waals surface area contributed by atoms with Crippen molar-refractivity contribution >= 4 is 23.8 Å². The van der Waals surface area contributed by atoms with Crippen molar-refractivity contribution in [1.82, 2.24) is 10.6 Å². The van der Waals surface area contributed by atoms with Gasteiger partial charge in [0.2, 0.25) is 5.91 Å². The van der Waals surface area contributed by atoms with E-state index in [0.717, 1.165) is 24.8 Å². The highest BCUT2D eigenvalue weighted by atomic mass is 16.5. The Bertz CT molecular complexity index is 716. The molecular weight excluding hydrogens is 358 g/mol. The number of nitrogens with one attached hydrogen (secondary N) is 2. The largest absolute Gasteiger partial charge is 0.548 e. The zero-order chi connectivity index (χ0) is 20.4. The fraction of sp³-hybridized carbons (Fsp3) is 0.294. The Morgan fingerprint density at radius 2 is 1.85 bits per heavy atom. The van der Waals surface area contributed by atoms with Crippen LogP contribution in [0.1, 0.15) is 5.56 Å². The Kier molecular flexibility index (Phi) is 8.46. The van der Waals surface area contributed by atoms with Crippen LogP contribution in [-0.4, -0.2) is 54.6 Å². The van der Waals surface area contributed by atoms with E-state index < -0.39 is 42.4 Å². The number of rotatable bonds is 9. The van der Waals surface area contributed by atoms with Crippen molar-refractivity contribution in [2.45, 2.75) is 18.5 Å². The number of phenols is 1. The first-order valence-electron chi connectivity index (χ1n) is 7.89. The van der Waals surface area contributed by atoms with Gasteiger partial charge in [-0.3, -0.25) is 9.59 Å². The Balaban J connectivity index is 2.57. The van der Waals surface area contributed by atoms with Crippen molar-refractivity contribution in [1.29, 1.82) is 0 Å². The molecule has 2 amide bonds. The van der Waals surface area contributed by atoms with Crippen LogP contribution in [0, 0.1) is 0 Å². The number of carbonyl (C=O) groups excluding carboxylic acids is 4. The van der Waals surface area contributed by atoms with Crippen LogP contribution in [0.3, 0.4) is 0 Å². The third-order valence-corrected chi connectivity index (χ3v) is 3.44. The summed E-state index contributed by atoms with van der Waals surface area (Å²) in [7, 11) is 1.14. The molecule has 0 aromatic heterocycles. The van der Waals surface area contributed by atoms with Gasteiger partial charge in [0.05, 0.1) is 19.1 Å². The molecule has 1 aromatic rings. The molecule has 0 spiro atoms. The zero-order valence-electron chi connectivity index (χ0n) is 14.6. The second-order valence-electron chi connectivity index (χ2n) is 5.55. The molecule has 10 heteroatoms. The highest BCUT2D eigenvalue weighted by molar-refractivity contribution is 5.94. The second-order valence-corrected chi connectivity index (χ2v) is 5.55. The summed E-state index contributed by atoms with van der Waals surface area (Å²) in [5.74, 6) is -3.63. The van der Waals surface area contributed by atoms with E-state index in [9.17, 15) is 29.4 Å². The normalized spacial score (nSPS) is 12.8. The Morgan fingerprint density at radius 3 is 2.41 bits per heavy atom. The second kappa shape index (κ2) is 10.6. The van der Waals surface area contributed by atoms with Gasteiger partial charge in [-0.1, -0.05) is 12.1 Å². The fourth-order valence-corrected chi connectivity index (χ4v) is 1.97. The van der Waals surface area contributed by atoms with Crippen molar-refractivity contribution in [3.8, 4) is 5.75 Å². The Labute approximate surface area is 155 Å². The van der Waals surface area contributed by atoms with Crippen molar-refractivity contribution in [2.75, 3.05) is 13.7 Å². The van der Waals surface area contributed by atoms with Gasteiger partial charge in [0.25, 0.3) is 5.91 Å². The number of carbonyl (C=O) groups is 4. The topological polar surface area (TPSA) is 172 Å². The molecule has 6 N–H and O–H groups in total. The number of hydrogen-bond donors (Lipinski definition) is 4. The number of carboxylic acid groups (broad SMARTS) is 1. The molecule has 1 rings (SSSR count). The lowest BCUT2D eigenvalue weighted by Crippen LogP contribution is -2.70. The van der Waals surface area contributed by atoms with E-state index >= 15 is 0 Å². The summed E-state index contributed by atoms with van der Waals surface area (Å²) in [6.07, 6.45) is 1.96. The van der Waals surface area contributed by atoms with E-state index in [1.165, 1.54) is 12.1 Å². The number of hydrogen-bond acceptors (Lipinski definition) is 7. The van der Waals surface area contributed by atoms with E-state index in [1.54, 1.807) is 12.1 Å². The highest BCUT2D eigenvalue weighted by Gasteiger charge is 2.22. The van der Waals surface area contributed by atoms with Crippen molar-refractivity contribution in [2.24, 2.45) is 0 Å². The molecule has 0 saturated carbocycles. The van der Waals surface area contributed by atoms with Crippen LogP contribution in [0.2, 0.25) is 0 Å². The summed E-state index contributed by atoms with van der Waals surface area (Å²) < 4.78 is 4.31. The molecule has 10 nitrogen and oxygen atoms in total. The van der Waals surface area contributed by atoms with Crippen LogP contribution in [0.25, 0.3) is 0 Å². The van der Waals surface area contributed by atoms with Gasteiger partial charge in [-0.2, -0.15) is 0 Å². The van der Waals surface area contributed by atoms with Crippen molar-refractivity contribution in [3.05, 3.63) is 42.0 Å². The lowest BCUT2D eigenvalue weighted by Gasteiger charge is -2.21. The van der Waals surface area contributed by atoms with Crippen LogP contribution < -0.4 is 21.5 Å². The molecule has 0 bridgehead atoms. The first kappa shape index (κ1) is 21.6. The van der Waals surface area contributed by atoms with Crippen molar-refractivity contribution in [3.63, 3.8) is 0 Å². The molecule has 0 radical (unpaired) electrons. The monoisotopic (exact) mass is 379 g/mol.